The van der Waals surface area contributed by atoms with Crippen LogP contribution in [-0.2, 0) is 0 Å². The number of aliphatic hydroxyl groups is 1. The lowest BCUT2D eigenvalue weighted by Gasteiger charge is -2.22. The Kier molecular flexibility index (Phi) is 2.20. The van der Waals surface area contributed by atoms with E-state index in [1.807, 2.05) is 0 Å². The van der Waals surface area contributed by atoms with Crippen molar-refractivity contribution in [3.05, 3.63) is 0 Å². The van der Waals surface area contributed by atoms with E-state index >= 15 is 0 Å². The quantitative estimate of drug-likeness (QED) is 0.475. The third-order valence-electron chi connectivity index (χ3n) is 1.69. The molecular weight excluding hydrogens is 120 g/mol. The molecule has 1 nitrogen and oxygen atoms in total. The molecule has 0 radical (unpaired) electrons. The molecule has 0 aromatic carbocycles. The summed E-state index contributed by atoms with van der Waals surface area (Å²) in [6.45, 7) is 0. The van der Waals surface area contributed by atoms with Crippen molar-refractivity contribution < 1.29 is 5.11 Å². The molecule has 2 heteroatoms. The van der Waals surface area contributed by atoms with Gasteiger partial charge in [0.2, 0.25) is 0 Å². The van der Waals surface area contributed by atoms with Gasteiger partial charge in [0, 0.05) is 5.25 Å². The van der Waals surface area contributed by atoms with Crippen LogP contribution in [-0.4, -0.2) is 16.5 Å². The normalized spacial score (nSPS) is 39.8. The molecule has 48 valence electrons. The molecule has 2 atom stereocenters. The van der Waals surface area contributed by atoms with Crippen LogP contribution in [0.4, 0.5) is 0 Å². The van der Waals surface area contributed by atoms with Gasteiger partial charge in [-0.1, -0.05) is 12.8 Å². The molecule has 0 aromatic rings. The molecule has 0 heterocycles. The van der Waals surface area contributed by atoms with E-state index < -0.39 is 0 Å². The van der Waals surface area contributed by atoms with Crippen molar-refractivity contribution in [2.75, 3.05) is 0 Å². The smallest absolute Gasteiger partial charge is 0.0656 e. The van der Waals surface area contributed by atoms with Crippen LogP contribution in [0.25, 0.3) is 0 Å². The largest absolute Gasteiger partial charge is 0.392 e. The summed E-state index contributed by atoms with van der Waals surface area (Å²) in [6.07, 6.45) is 4.33. The van der Waals surface area contributed by atoms with Crippen LogP contribution < -0.4 is 0 Å². The van der Waals surface area contributed by atoms with Gasteiger partial charge < -0.3 is 5.11 Å². The SMILES string of the molecule is OC1CCCC[C@@H]1S. The number of hydrogen-bond acceptors (Lipinski definition) is 2. The van der Waals surface area contributed by atoms with Crippen LogP contribution in [0.1, 0.15) is 25.7 Å². The zero-order chi connectivity index (χ0) is 5.98. The van der Waals surface area contributed by atoms with Crippen molar-refractivity contribution in [1.29, 1.82) is 0 Å². The number of aliphatic hydroxyl groups excluding tert-OH is 1. The fourth-order valence-electron chi connectivity index (χ4n) is 1.09. The number of rotatable bonds is 0. The Bertz CT molecular complexity index is 64.9. The van der Waals surface area contributed by atoms with Gasteiger partial charge in [-0.3, -0.25) is 0 Å². The van der Waals surface area contributed by atoms with Crippen molar-refractivity contribution >= 4 is 12.6 Å². The topological polar surface area (TPSA) is 20.2 Å². The molecule has 0 spiro atoms. The maximum Gasteiger partial charge on any atom is 0.0656 e. The highest BCUT2D eigenvalue weighted by molar-refractivity contribution is 7.81. The summed E-state index contributed by atoms with van der Waals surface area (Å²) in [5, 5.41) is 9.35. The predicted molar refractivity (Wildman–Crippen MR) is 37.2 cm³/mol. The number of hydrogen-bond donors (Lipinski definition) is 2. The molecule has 1 aliphatic carbocycles. The van der Waals surface area contributed by atoms with E-state index in [0.29, 0.717) is 0 Å². The fourth-order valence-corrected chi connectivity index (χ4v) is 1.42. The standard InChI is InChI=1S/C6H12OS/c7-5-3-1-2-4-6(5)8/h5-8H,1-4H2/t5?,6-/m0/s1. The van der Waals surface area contributed by atoms with Crippen molar-refractivity contribution in [3.8, 4) is 0 Å². The van der Waals surface area contributed by atoms with E-state index in [1.54, 1.807) is 0 Å². The average molecular weight is 132 g/mol. The Balaban J connectivity index is 2.28. The molecule has 0 aliphatic heterocycles. The van der Waals surface area contributed by atoms with Crippen molar-refractivity contribution in [2.24, 2.45) is 0 Å². The summed E-state index contributed by atoms with van der Waals surface area (Å²) in [6, 6.07) is 0. The van der Waals surface area contributed by atoms with Crippen LogP contribution in [0, 0.1) is 0 Å². The summed E-state index contributed by atoms with van der Waals surface area (Å²) >= 11 is 4.21. The molecule has 1 rings (SSSR count). The van der Waals surface area contributed by atoms with Gasteiger partial charge in [0.05, 0.1) is 6.10 Å². The monoisotopic (exact) mass is 132 g/mol. The van der Waals surface area contributed by atoms with Crippen LogP contribution in [0.15, 0.2) is 0 Å². The summed E-state index contributed by atoms with van der Waals surface area (Å²) in [7, 11) is 0. The highest BCUT2D eigenvalue weighted by Crippen LogP contribution is 2.21. The third-order valence-corrected chi connectivity index (χ3v) is 2.30. The minimum atomic E-state index is -0.132. The Morgan fingerprint density at radius 3 is 2.25 bits per heavy atom. The maximum absolute atomic E-state index is 9.10. The zero-order valence-corrected chi connectivity index (χ0v) is 5.77. The predicted octanol–water partition coefficient (Wildman–Crippen LogP) is 1.22. The van der Waals surface area contributed by atoms with E-state index in [4.69, 9.17) is 5.11 Å². The molecule has 1 fully saturated rings. The maximum atomic E-state index is 9.10. The van der Waals surface area contributed by atoms with Gasteiger partial charge in [-0.2, -0.15) is 12.6 Å². The minimum Gasteiger partial charge on any atom is -0.392 e. The van der Waals surface area contributed by atoms with Gasteiger partial charge in [0.15, 0.2) is 0 Å². The lowest BCUT2D eigenvalue weighted by atomic mass is 9.97. The first-order valence-electron chi connectivity index (χ1n) is 3.17. The van der Waals surface area contributed by atoms with E-state index in [2.05, 4.69) is 12.6 Å². The van der Waals surface area contributed by atoms with Crippen molar-refractivity contribution in [2.45, 2.75) is 37.0 Å². The lowest BCUT2D eigenvalue weighted by Crippen LogP contribution is -2.24. The van der Waals surface area contributed by atoms with Crippen LogP contribution >= 0.6 is 12.6 Å². The Hall–Kier alpha value is 0.310. The van der Waals surface area contributed by atoms with Gasteiger partial charge in [0.1, 0.15) is 0 Å². The van der Waals surface area contributed by atoms with E-state index in [0.717, 1.165) is 12.8 Å². The Morgan fingerprint density at radius 1 is 1.25 bits per heavy atom. The highest BCUT2D eigenvalue weighted by atomic mass is 32.1. The van der Waals surface area contributed by atoms with E-state index in [-0.39, 0.29) is 11.4 Å². The molecule has 0 bridgehead atoms. The molecule has 0 amide bonds. The fraction of sp³-hybridized carbons (Fsp3) is 1.00. The molecular formula is C6H12OS. The van der Waals surface area contributed by atoms with Crippen molar-refractivity contribution in [3.63, 3.8) is 0 Å². The first-order valence-corrected chi connectivity index (χ1v) is 3.68. The second-order valence-corrected chi connectivity index (χ2v) is 3.08. The van der Waals surface area contributed by atoms with Crippen LogP contribution in [0.5, 0.6) is 0 Å². The second-order valence-electron chi connectivity index (χ2n) is 2.42. The molecule has 1 N–H and O–H groups in total. The summed E-state index contributed by atoms with van der Waals surface area (Å²) in [5.41, 5.74) is 0. The average Bonchev–Trinajstić information content (AvgIpc) is 1.77. The first kappa shape index (κ1) is 6.43. The Labute approximate surface area is 55.5 Å². The van der Waals surface area contributed by atoms with Crippen LogP contribution in [0.2, 0.25) is 0 Å². The molecule has 1 saturated carbocycles. The van der Waals surface area contributed by atoms with Crippen molar-refractivity contribution in [1.82, 2.24) is 0 Å². The van der Waals surface area contributed by atoms with Gasteiger partial charge in [-0.15, -0.1) is 0 Å². The molecule has 0 aromatic heterocycles. The van der Waals surface area contributed by atoms with E-state index in [9.17, 15) is 0 Å². The van der Waals surface area contributed by atoms with Gasteiger partial charge in [-0.05, 0) is 12.8 Å². The third kappa shape index (κ3) is 1.39. The summed E-state index contributed by atoms with van der Waals surface area (Å²) in [4.78, 5) is 0. The van der Waals surface area contributed by atoms with Gasteiger partial charge in [0.25, 0.3) is 0 Å². The highest BCUT2D eigenvalue weighted by Gasteiger charge is 2.18. The minimum absolute atomic E-state index is 0.132. The van der Waals surface area contributed by atoms with Crippen LogP contribution in [0.3, 0.4) is 0 Å². The Morgan fingerprint density at radius 2 is 1.88 bits per heavy atom. The zero-order valence-electron chi connectivity index (χ0n) is 4.88. The lowest BCUT2D eigenvalue weighted by molar-refractivity contribution is 0.137. The molecule has 8 heavy (non-hydrogen) atoms. The summed E-state index contributed by atoms with van der Waals surface area (Å²) in [5.74, 6) is 0. The number of thiol groups is 1. The van der Waals surface area contributed by atoms with Gasteiger partial charge >= 0.3 is 0 Å². The van der Waals surface area contributed by atoms with Gasteiger partial charge in [-0.25, -0.2) is 0 Å². The second kappa shape index (κ2) is 2.74. The molecule has 1 aliphatic rings. The molecule has 1 unspecified atom stereocenters. The summed E-state index contributed by atoms with van der Waals surface area (Å²) < 4.78 is 0. The molecule has 0 saturated heterocycles. The first-order chi connectivity index (χ1) is 3.80. The van der Waals surface area contributed by atoms with E-state index in [1.165, 1.54) is 12.8 Å².